The van der Waals surface area contributed by atoms with Crippen LogP contribution in [0.25, 0.3) is 11.3 Å². The molecule has 6 heteroatoms. The Bertz CT molecular complexity index is 985. The molecule has 2 aromatic heterocycles. The fourth-order valence-corrected chi connectivity index (χ4v) is 3.93. The van der Waals surface area contributed by atoms with Crippen molar-refractivity contribution in [1.29, 1.82) is 0 Å². The minimum atomic E-state index is -0.750. The van der Waals surface area contributed by atoms with Crippen LogP contribution in [0.5, 0.6) is 0 Å². The lowest BCUT2D eigenvalue weighted by Crippen LogP contribution is -2.47. The van der Waals surface area contributed by atoms with Crippen LogP contribution in [0.15, 0.2) is 59.7 Å². The zero-order valence-corrected chi connectivity index (χ0v) is 16.1. The van der Waals surface area contributed by atoms with Crippen molar-refractivity contribution in [1.82, 2.24) is 19.4 Å². The Hall–Kier alpha value is -2.70. The molecule has 0 aliphatic carbocycles. The van der Waals surface area contributed by atoms with E-state index in [2.05, 4.69) is 50.6 Å². The number of aromatic nitrogens is 3. The first-order valence-electron chi connectivity index (χ1n) is 9.73. The number of hydrogen-bond donors (Lipinski definition) is 2. The van der Waals surface area contributed by atoms with Crippen molar-refractivity contribution < 1.29 is 5.11 Å². The number of H-pyrrole nitrogens is 1. The third-order valence-corrected chi connectivity index (χ3v) is 5.66. The second kappa shape index (κ2) is 7.73. The number of aryl methyl sites for hydroxylation is 1. The smallest absolute Gasteiger partial charge is 0.270 e. The van der Waals surface area contributed by atoms with Gasteiger partial charge in [-0.05, 0) is 37.5 Å². The van der Waals surface area contributed by atoms with Gasteiger partial charge >= 0.3 is 0 Å². The lowest BCUT2D eigenvalue weighted by molar-refractivity contribution is -0.0360. The molecule has 0 spiro atoms. The first kappa shape index (κ1) is 18.7. The molecule has 28 heavy (non-hydrogen) atoms. The highest BCUT2D eigenvalue weighted by Crippen LogP contribution is 2.29. The Morgan fingerprint density at radius 3 is 2.61 bits per heavy atom. The molecule has 3 aromatic rings. The highest BCUT2D eigenvalue weighted by atomic mass is 16.3. The van der Waals surface area contributed by atoms with E-state index in [1.165, 1.54) is 0 Å². The minimum absolute atomic E-state index is 0.140. The van der Waals surface area contributed by atoms with E-state index in [1.807, 2.05) is 18.2 Å². The number of piperidine rings is 1. The van der Waals surface area contributed by atoms with Gasteiger partial charge in [0.1, 0.15) is 5.69 Å². The zero-order valence-electron chi connectivity index (χ0n) is 16.1. The van der Waals surface area contributed by atoms with Crippen molar-refractivity contribution in [3.63, 3.8) is 0 Å². The van der Waals surface area contributed by atoms with E-state index < -0.39 is 5.60 Å². The van der Waals surface area contributed by atoms with Crippen molar-refractivity contribution in [3.8, 4) is 11.3 Å². The Labute approximate surface area is 164 Å². The minimum Gasteiger partial charge on any atom is -0.388 e. The summed E-state index contributed by atoms with van der Waals surface area (Å²) in [6.07, 6.45) is 4.49. The van der Waals surface area contributed by atoms with Crippen LogP contribution in [0, 0.1) is 6.92 Å². The van der Waals surface area contributed by atoms with Gasteiger partial charge < -0.3 is 14.7 Å². The number of benzene rings is 1. The molecule has 1 aliphatic rings. The summed E-state index contributed by atoms with van der Waals surface area (Å²) in [7, 11) is 0. The van der Waals surface area contributed by atoms with Crippen molar-refractivity contribution in [3.05, 3.63) is 76.6 Å². The largest absolute Gasteiger partial charge is 0.388 e. The summed E-state index contributed by atoms with van der Waals surface area (Å²) in [5, 5.41) is 11.2. The van der Waals surface area contributed by atoms with Gasteiger partial charge in [0.25, 0.3) is 5.56 Å². The molecule has 0 bridgehead atoms. The summed E-state index contributed by atoms with van der Waals surface area (Å²) in [4.78, 5) is 20.9. The standard InChI is InChI=1S/C22H26N4O2/c1-17-7-8-20(18-5-3-2-4-6-18)26(17)16-22(28)9-13-25(14-10-22)15-19-21(27)24-12-11-23-19/h2-8,11-12,28H,9-10,13-16H2,1H3,(H,24,27). The summed E-state index contributed by atoms with van der Waals surface area (Å²) in [5.74, 6) is 0. The van der Waals surface area contributed by atoms with Crippen LogP contribution in [0.4, 0.5) is 0 Å². The van der Waals surface area contributed by atoms with E-state index in [0.29, 0.717) is 31.6 Å². The maximum Gasteiger partial charge on any atom is 0.270 e. The van der Waals surface area contributed by atoms with Gasteiger partial charge in [0.05, 0.1) is 12.1 Å². The van der Waals surface area contributed by atoms with E-state index in [0.717, 1.165) is 30.0 Å². The monoisotopic (exact) mass is 378 g/mol. The number of nitrogens with one attached hydrogen (secondary N) is 1. The summed E-state index contributed by atoms with van der Waals surface area (Å²) in [5.41, 5.74) is 3.08. The van der Waals surface area contributed by atoms with E-state index >= 15 is 0 Å². The number of likely N-dealkylation sites (tertiary alicyclic amines) is 1. The SMILES string of the molecule is Cc1ccc(-c2ccccc2)n1CC1(O)CCN(Cc2ncc[nH]c2=O)CC1. The third-order valence-electron chi connectivity index (χ3n) is 5.66. The van der Waals surface area contributed by atoms with Crippen molar-refractivity contribution in [2.24, 2.45) is 0 Å². The first-order valence-corrected chi connectivity index (χ1v) is 9.73. The number of hydrogen-bond acceptors (Lipinski definition) is 4. The van der Waals surface area contributed by atoms with Crippen molar-refractivity contribution in [2.45, 2.75) is 38.5 Å². The predicted molar refractivity (Wildman–Crippen MR) is 109 cm³/mol. The Morgan fingerprint density at radius 1 is 1.14 bits per heavy atom. The first-order chi connectivity index (χ1) is 13.5. The third kappa shape index (κ3) is 3.93. The lowest BCUT2D eigenvalue weighted by atomic mass is 9.91. The normalized spacial score (nSPS) is 16.9. The molecule has 4 rings (SSSR count). The molecular formula is C22H26N4O2. The highest BCUT2D eigenvalue weighted by molar-refractivity contribution is 5.60. The van der Waals surface area contributed by atoms with Crippen LogP contribution in [0.1, 0.15) is 24.2 Å². The molecule has 1 aromatic carbocycles. The van der Waals surface area contributed by atoms with Crippen molar-refractivity contribution >= 4 is 0 Å². The second-order valence-corrected chi connectivity index (χ2v) is 7.68. The van der Waals surface area contributed by atoms with E-state index in [9.17, 15) is 9.90 Å². The lowest BCUT2D eigenvalue weighted by Gasteiger charge is -2.38. The number of rotatable bonds is 5. The maximum absolute atomic E-state index is 11.8. The number of nitrogens with zero attached hydrogens (tertiary/aromatic N) is 3. The van der Waals surface area contributed by atoms with Crippen LogP contribution in [-0.4, -0.2) is 43.2 Å². The molecule has 0 radical (unpaired) electrons. The van der Waals surface area contributed by atoms with E-state index in [4.69, 9.17) is 0 Å². The van der Waals surface area contributed by atoms with Gasteiger partial charge in [-0.25, -0.2) is 0 Å². The molecular weight excluding hydrogens is 352 g/mol. The Morgan fingerprint density at radius 2 is 1.89 bits per heavy atom. The second-order valence-electron chi connectivity index (χ2n) is 7.68. The fourth-order valence-electron chi connectivity index (χ4n) is 3.93. The number of aliphatic hydroxyl groups is 1. The summed E-state index contributed by atoms with van der Waals surface area (Å²) >= 11 is 0. The van der Waals surface area contributed by atoms with Gasteiger partial charge in [0.15, 0.2) is 0 Å². The van der Waals surface area contributed by atoms with Gasteiger partial charge in [-0.2, -0.15) is 0 Å². The molecule has 1 aliphatic heterocycles. The van der Waals surface area contributed by atoms with Gasteiger partial charge in [0.2, 0.25) is 0 Å². The molecule has 0 atom stereocenters. The molecule has 0 saturated carbocycles. The molecule has 0 unspecified atom stereocenters. The molecule has 3 heterocycles. The van der Waals surface area contributed by atoms with Crippen LogP contribution in [0.2, 0.25) is 0 Å². The Balaban J connectivity index is 1.45. The average molecular weight is 378 g/mol. The van der Waals surface area contributed by atoms with Gasteiger partial charge in [0, 0.05) is 43.4 Å². The summed E-state index contributed by atoms with van der Waals surface area (Å²) in [6.45, 7) is 4.66. The van der Waals surface area contributed by atoms with Gasteiger partial charge in [-0.1, -0.05) is 30.3 Å². The summed E-state index contributed by atoms with van der Waals surface area (Å²) < 4.78 is 2.22. The van der Waals surface area contributed by atoms with Crippen molar-refractivity contribution in [2.75, 3.05) is 13.1 Å². The molecule has 0 amide bonds. The van der Waals surface area contributed by atoms with Crippen LogP contribution in [-0.2, 0) is 13.1 Å². The van der Waals surface area contributed by atoms with Crippen LogP contribution in [0.3, 0.4) is 0 Å². The van der Waals surface area contributed by atoms with Crippen LogP contribution < -0.4 is 5.56 Å². The average Bonchev–Trinajstić information content (AvgIpc) is 3.06. The van der Waals surface area contributed by atoms with Gasteiger partial charge in [-0.3, -0.25) is 14.7 Å². The summed E-state index contributed by atoms with van der Waals surface area (Å²) in [6, 6.07) is 14.5. The maximum atomic E-state index is 11.8. The van der Waals surface area contributed by atoms with E-state index in [1.54, 1.807) is 12.4 Å². The molecule has 1 fully saturated rings. The fraction of sp³-hybridized carbons (Fsp3) is 0.364. The molecule has 1 saturated heterocycles. The Kier molecular flexibility index (Phi) is 5.15. The highest BCUT2D eigenvalue weighted by Gasteiger charge is 2.33. The molecule has 146 valence electrons. The number of aromatic amines is 1. The van der Waals surface area contributed by atoms with E-state index in [-0.39, 0.29) is 5.56 Å². The quantitative estimate of drug-likeness (QED) is 0.716. The predicted octanol–water partition coefficient (Wildman–Crippen LogP) is 2.57. The zero-order chi connectivity index (χ0) is 19.6. The van der Waals surface area contributed by atoms with Crippen LogP contribution >= 0.6 is 0 Å². The molecule has 2 N–H and O–H groups in total. The molecule has 6 nitrogen and oxygen atoms in total. The topological polar surface area (TPSA) is 74.2 Å². The van der Waals surface area contributed by atoms with Gasteiger partial charge in [-0.15, -0.1) is 0 Å².